The van der Waals surface area contributed by atoms with E-state index in [-0.39, 0.29) is 29.9 Å². The molecule has 2 aromatic carbocycles. The van der Waals surface area contributed by atoms with E-state index >= 15 is 0 Å². The Labute approximate surface area is 291 Å². The third-order valence-electron chi connectivity index (χ3n) is 7.89. The summed E-state index contributed by atoms with van der Waals surface area (Å²) < 4.78 is 12.2. The molecule has 0 radical (unpaired) electrons. The second kappa shape index (κ2) is 17.8. The number of hydrogen-bond acceptors (Lipinski definition) is 9. The molecule has 2 aromatic rings. The predicted molar refractivity (Wildman–Crippen MR) is 198 cm³/mol. The van der Waals surface area contributed by atoms with Crippen molar-refractivity contribution in [1.29, 1.82) is 0 Å². The first-order valence-corrected chi connectivity index (χ1v) is 19.4. The quantitative estimate of drug-likeness (QED) is 0.163. The van der Waals surface area contributed by atoms with Gasteiger partial charge in [-0.3, -0.25) is 0 Å². The maximum absolute atomic E-state index is 13.1. The molecule has 0 spiro atoms. The van der Waals surface area contributed by atoms with Gasteiger partial charge in [-0.15, -0.1) is 0 Å². The van der Waals surface area contributed by atoms with Gasteiger partial charge in [-0.2, -0.15) is 11.8 Å². The zero-order chi connectivity index (χ0) is 32.3. The maximum atomic E-state index is 13.1. The molecule has 244 valence electrons. The van der Waals surface area contributed by atoms with Gasteiger partial charge < -0.3 is 25.0 Å². The fraction of sp³-hybridized carbons (Fsp3) is 0.515. The number of carbonyl (C=O) groups excluding carboxylic acids is 2. The van der Waals surface area contributed by atoms with Crippen LogP contribution in [0.1, 0.15) is 56.6 Å². The molecule has 3 atom stereocenters. The molecule has 1 fully saturated rings. The molecule has 45 heavy (non-hydrogen) atoms. The Morgan fingerprint density at radius 3 is 2.33 bits per heavy atom. The molecule has 4 rings (SSSR count). The van der Waals surface area contributed by atoms with Crippen LogP contribution >= 0.6 is 59.7 Å². The van der Waals surface area contributed by atoms with Gasteiger partial charge in [0.15, 0.2) is 0 Å². The zero-order valence-electron chi connectivity index (χ0n) is 26.3. The van der Waals surface area contributed by atoms with Crippen molar-refractivity contribution in [2.24, 2.45) is 5.92 Å². The van der Waals surface area contributed by atoms with E-state index < -0.39 is 12.1 Å². The van der Waals surface area contributed by atoms with Crippen LogP contribution in [0.25, 0.3) is 11.1 Å². The molecule has 12 heteroatoms. The van der Waals surface area contributed by atoms with Gasteiger partial charge in [0.05, 0.1) is 12.5 Å². The normalized spacial score (nSPS) is 16.9. The van der Waals surface area contributed by atoms with Crippen LogP contribution in [0.3, 0.4) is 0 Å². The summed E-state index contributed by atoms with van der Waals surface area (Å²) in [5.74, 6) is 1.59. The molecular weight excluding hydrogens is 663 g/mol. The van der Waals surface area contributed by atoms with Gasteiger partial charge in [-0.05, 0) is 65.9 Å². The first kappa shape index (κ1) is 35.9. The summed E-state index contributed by atoms with van der Waals surface area (Å²) in [6.07, 6.45) is 5.04. The molecule has 1 aliphatic carbocycles. The summed E-state index contributed by atoms with van der Waals surface area (Å²) in [5, 5.41) is 6.42. The third-order valence-corrected chi connectivity index (χ3v) is 11.7. The second-order valence-corrected chi connectivity index (χ2v) is 16.1. The summed E-state index contributed by atoms with van der Waals surface area (Å²) >= 11 is 16.3. The Balaban J connectivity index is 1.29. The van der Waals surface area contributed by atoms with Crippen LogP contribution in [0.2, 0.25) is 0 Å². The molecule has 0 aromatic heterocycles. The third kappa shape index (κ3) is 10.00. The first-order chi connectivity index (χ1) is 21.7. The molecule has 0 unspecified atom stereocenters. The van der Waals surface area contributed by atoms with E-state index in [0.29, 0.717) is 22.4 Å². The molecule has 1 amide bonds. The van der Waals surface area contributed by atoms with Gasteiger partial charge in [0.25, 0.3) is 0 Å². The minimum atomic E-state index is -0.459. The lowest BCUT2D eigenvalue weighted by molar-refractivity contribution is -0.142. The molecule has 0 saturated carbocycles. The summed E-state index contributed by atoms with van der Waals surface area (Å²) in [6, 6.07) is 16.1. The van der Waals surface area contributed by atoms with E-state index in [1.807, 2.05) is 30.5 Å². The molecule has 7 nitrogen and oxygen atoms in total. The fourth-order valence-electron chi connectivity index (χ4n) is 5.79. The average molecular weight is 706 g/mol. The lowest BCUT2D eigenvalue weighted by atomic mass is 9.98. The van der Waals surface area contributed by atoms with Gasteiger partial charge in [0, 0.05) is 24.3 Å². The largest absolute Gasteiger partial charge is 0.467 e. The van der Waals surface area contributed by atoms with Crippen LogP contribution in [0.5, 0.6) is 0 Å². The Kier molecular flexibility index (Phi) is 14.2. The monoisotopic (exact) mass is 705 g/mol. The Bertz CT molecular complexity index is 1300. The van der Waals surface area contributed by atoms with Crippen LogP contribution in [0.15, 0.2) is 48.5 Å². The fourth-order valence-corrected chi connectivity index (χ4v) is 9.32. The van der Waals surface area contributed by atoms with E-state index in [4.69, 9.17) is 33.9 Å². The van der Waals surface area contributed by atoms with Crippen molar-refractivity contribution in [3.8, 4) is 11.1 Å². The zero-order valence-corrected chi connectivity index (χ0v) is 30.4. The highest BCUT2D eigenvalue weighted by molar-refractivity contribution is 8.24. The van der Waals surface area contributed by atoms with Crippen molar-refractivity contribution >= 4 is 80.4 Å². The second-order valence-electron chi connectivity index (χ2n) is 11.6. The summed E-state index contributed by atoms with van der Waals surface area (Å²) in [6.45, 7) is 5.44. The summed E-state index contributed by atoms with van der Waals surface area (Å²) in [5.41, 5.74) is 4.80. The average Bonchev–Trinajstić information content (AvgIpc) is 3.62. The van der Waals surface area contributed by atoms with Gasteiger partial charge in [-0.25, -0.2) is 9.59 Å². The maximum Gasteiger partial charge on any atom is 0.407 e. The van der Waals surface area contributed by atoms with Gasteiger partial charge in [0.1, 0.15) is 21.3 Å². The van der Waals surface area contributed by atoms with E-state index in [1.165, 1.54) is 41.1 Å². The Morgan fingerprint density at radius 2 is 1.71 bits per heavy atom. The number of thioether (sulfide) groups is 3. The SMILES string of the molecule is COC(=O)[C@H](CCSC)NC(=S)S[C@H]1CCCN1C(=S)SC[C@H](CC(C)C)NC(=O)OCC1c2ccccc2-c2ccccc21. The summed E-state index contributed by atoms with van der Waals surface area (Å²) in [4.78, 5) is 27.5. The Morgan fingerprint density at radius 1 is 1.04 bits per heavy atom. The molecule has 1 heterocycles. The molecule has 1 aliphatic heterocycles. The number of nitrogens with zero attached hydrogens (tertiary/aromatic N) is 1. The lowest BCUT2D eigenvalue weighted by Gasteiger charge is -2.28. The number of methoxy groups -OCH3 is 1. The predicted octanol–water partition coefficient (Wildman–Crippen LogP) is 7.28. The number of ether oxygens (including phenoxy) is 2. The van der Waals surface area contributed by atoms with Crippen molar-refractivity contribution in [2.75, 3.05) is 38.0 Å². The van der Waals surface area contributed by atoms with E-state index in [2.05, 4.69) is 53.6 Å². The number of nitrogens with one attached hydrogen (secondary N) is 2. The van der Waals surface area contributed by atoms with Crippen LogP contribution < -0.4 is 10.6 Å². The molecule has 0 bridgehead atoms. The van der Waals surface area contributed by atoms with Crippen LogP contribution in [0.4, 0.5) is 4.79 Å². The summed E-state index contributed by atoms with van der Waals surface area (Å²) in [7, 11) is 1.40. The number of rotatable bonds is 13. The smallest absolute Gasteiger partial charge is 0.407 e. The molecular formula is C33H43N3O4S5. The Hall–Kier alpha value is -1.99. The lowest BCUT2D eigenvalue weighted by Crippen LogP contribution is -2.42. The highest BCUT2D eigenvalue weighted by atomic mass is 32.2. The molecule has 1 saturated heterocycles. The van der Waals surface area contributed by atoms with Crippen molar-refractivity contribution in [2.45, 2.75) is 62.9 Å². The number of carbonyl (C=O) groups is 2. The van der Waals surface area contributed by atoms with E-state index in [9.17, 15) is 9.59 Å². The number of likely N-dealkylation sites (tertiary alicyclic amines) is 1. The highest BCUT2D eigenvalue weighted by Gasteiger charge is 2.31. The van der Waals surface area contributed by atoms with Gasteiger partial charge in [-0.1, -0.05) is 110 Å². The topological polar surface area (TPSA) is 79.9 Å². The minimum absolute atomic E-state index is 0.0206. The van der Waals surface area contributed by atoms with Crippen LogP contribution in [-0.2, 0) is 14.3 Å². The standard InChI is InChI=1S/C33H43N3O4S5/c1-21(2)18-22(34-31(38)40-19-27-25-12-7-5-10-23(25)24-11-6-8-13-26(24)27)20-44-33(42)36-16-9-14-29(36)45-32(41)35-28(15-17-43-4)30(37)39-3/h5-8,10-13,21-22,27-29H,9,14-20H2,1-4H3,(H,34,38)(H,35,41)/t22-,28-,29-/m0/s1. The van der Waals surface area contributed by atoms with Crippen LogP contribution in [-0.4, -0.2) is 81.1 Å². The number of thiocarbonyl (C=S) groups is 2. The van der Waals surface area contributed by atoms with Crippen molar-refractivity contribution in [3.05, 3.63) is 59.7 Å². The molecule has 2 N–H and O–H groups in total. The van der Waals surface area contributed by atoms with Crippen LogP contribution in [0, 0.1) is 5.92 Å². The van der Waals surface area contributed by atoms with Gasteiger partial charge >= 0.3 is 12.1 Å². The van der Waals surface area contributed by atoms with Crippen molar-refractivity contribution < 1.29 is 19.1 Å². The highest BCUT2D eigenvalue weighted by Crippen LogP contribution is 2.44. The number of hydrogen-bond donors (Lipinski definition) is 2. The number of esters is 1. The van der Waals surface area contributed by atoms with Crippen molar-refractivity contribution in [3.63, 3.8) is 0 Å². The number of fused-ring (bicyclic) bond motifs is 3. The number of benzene rings is 2. The number of alkyl carbamates (subject to hydrolysis) is 1. The van der Waals surface area contributed by atoms with E-state index in [0.717, 1.165) is 35.9 Å². The van der Waals surface area contributed by atoms with Crippen molar-refractivity contribution in [1.82, 2.24) is 15.5 Å². The minimum Gasteiger partial charge on any atom is -0.467 e. The van der Waals surface area contributed by atoms with E-state index in [1.54, 1.807) is 23.5 Å². The van der Waals surface area contributed by atoms with Gasteiger partial charge in [0.2, 0.25) is 0 Å². The number of amides is 1. The first-order valence-electron chi connectivity index (χ1n) is 15.3. The molecule has 2 aliphatic rings.